The Balaban J connectivity index is 0.000000939. The fourth-order valence-electron chi connectivity index (χ4n) is 10.1. The van der Waals surface area contributed by atoms with Gasteiger partial charge in [0.1, 0.15) is 6.29 Å². The van der Waals surface area contributed by atoms with Gasteiger partial charge in [-0.25, -0.2) is 5.01 Å². The van der Waals surface area contributed by atoms with Crippen LogP contribution in [0.1, 0.15) is 97.4 Å². The molecule has 0 amide bonds. The summed E-state index contributed by atoms with van der Waals surface area (Å²) in [6.45, 7) is 25.2. The number of hydrazine groups is 1. The van der Waals surface area contributed by atoms with Crippen LogP contribution in [0.2, 0.25) is 0 Å². The van der Waals surface area contributed by atoms with E-state index in [4.69, 9.17) is 29.7 Å². The molecule has 4 saturated heterocycles. The number of carbonyl (C=O) groups excluding carboxylic acids is 2. The molecule has 0 bridgehead atoms. The number of pyridine rings is 1. The molecule has 3 N–H and O–H groups in total. The first-order valence-corrected chi connectivity index (χ1v) is 24.6. The van der Waals surface area contributed by atoms with Gasteiger partial charge in [-0.1, -0.05) is 13.8 Å². The summed E-state index contributed by atoms with van der Waals surface area (Å²) in [4.78, 5) is 41.2. The molecule has 1 aromatic heterocycles. The average Bonchev–Trinajstić information content (AvgIpc) is 4.14. The Bertz CT molecular complexity index is 1870. The molecule has 5 fully saturated rings. The van der Waals surface area contributed by atoms with Crippen molar-refractivity contribution in [3.63, 3.8) is 0 Å². The van der Waals surface area contributed by atoms with Gasteiger partial charge in [0.25, 0.3) is 0 Å². The van der Waals surface area contributed by atoms with Crippen molar-refractivity contribution in [1.29, 1.82) is 0 Å². The van der Waals surface area contributed by atoms with Gasteiger partial charge in [-0.3, -0.25) is 25.0 Å². The van der Waals surface area contributed by atoms with Crippen molar-refractivity contribution in [2.24, 2.45) is 16.6 Å². The minimum Gasteiger partial charge on any atom is -0.465 e. The predicted octanol–water partition coefficient (Wildman–Crippen LogP) is 5.60. The van der Waals surface area contributed by atoms with Crippen LogP contribution in [-0.4, -0.2) is 170 Å². The SMILES string of the molecule is CCN(/C(=C(\C)CC(C)(C)COC(C)=O)c1cc(N2CCN(C3CC3)CC2)cnc1C(C)OC)c1ccc(N(CCOC)CCC(C(N)C=O)N2CC3(COC3)C2)cc1.CN1CCCCN1. The molecule has 2 aromatic rings. The lowest BCUT2D eigenvalue weighted by Crippen LogP contribution is -2.70. The Morgan fingerprint density at radius 1 is 1.05 bits per heavy atom. The average molecular weight is 918 g/mol. The lowest BCUT2D eigenvalue weighted by Gasteiger charge is -2.58. The van der Waals surface area contributed by atoms with Crippen molar-refractivity contribution in [3.8, 4) is 0 Å². The number of nitrogens with one attached hydrogen (secondary N) is 1. The molecule has 5 aliphatic rings. The van der Waals surface area contributed by atoms with E-state index >= 15 is 0 Å². The predicted molar refractivity (Wildman–Crippen MR) is 265 cm³/mol. The number of ether oxygens (including phenoxy) is 4. The Hall–Kier alpha value is -3.67. The molecule has 15 nitrogen and oxygen atoms in total. The number of carbonyl (C=O) groups is 2. The number of hydrogen-bond donors (Lipinski definition) is 2. The van der Waals surface area contributed by atoms with Crippen molar-refractivity contribution in [2.45, 2.75) is 104 Å². The fraction of sp³-hybridized carbons (Fsp3) is 0.706. The minimum absolute atomic E-state index is 0.0328. The molecule has 1 spiro atoms. The van der Waals surface area contributed by atoms with E-state index in [1.165, 1.54) is 44.7 Å². The number of likely N-dealkylation sites (tertiary alicyclic amines) is 1. The Kier molecular flexibility index (Phi) is 18.8. The third-order valence-electron chi connectivity index (χ3n) is 14.1. The minimum atomic E-state index is -0.545. The number of benzene rings is 1. The van der Waals surface area contributed by atoms with Crippen molar-refractivity contribution < 1.29 is 28.5 Å². The topological polar surface area (TPSA) is 141 Å². The molecule has 15 heteroatoms. The summed E-state index contributed by atoms with van der Waals surface area (Å²) < 4.78 is 22.6. The highest BCUT2D eigenvalue weighted by molar-refractivity contribution is 5.84. The number of hydrogen-bond acceptors (Lipinski definition) is 15. The molecule has 5 heterocycles. The van der Waals surface area contributed by atoms with Crippen molar-refractivity contribution >= 4 is 35.0 Å². The zero-order valence-electron chi connectivity index (χ0n) is 41.9. The van der Waals surface area contributed by atoms with E-state index in [2.05, 4.69) is 107 Å². The number of anilines is 3. The van der Waals surface area contributed by atoms with Crippen LogP contribution in [0.4, 0.5) is 17.1 Å². The highest BCUT2D eigenvalue weighted by Crippen LogP contribution is 2.41. The third-order valence-corrected chi connectivity index (χ3v) is 14.1. The van der Waals surface area contributed by atoms with Gasteiger partial charge >= 0.3 is 5.97 Å². The number of allylic oxidation sites excluding steroid dienone is 1. The molecule has 1 saturated carbocycles. The van der Waals surface area contributed by atoms with Crippen LogP contribution < -0.4 is 25.9 Å². The summed E-state index contributed by atoms with van der Waals surface area (Å²) in [5.41, 5.74) is 17.0. The number of aromatic nitrogens is 1. The Morgan fingerprint density at radius 3 is 2.27 bits per heavy atom. The second kappa shape index (κ2) is 24.1. The molecular formula is C51H83N9O6. The van der Waals surface area contributed by atoms with Crippen molar-refractivity contribution in [1.82, 2.24) is 25.2 Å². The summed E-state index contributed by atoms with van der Waals surface area (Å²) in [6.07, 6.45) is 9.47. The van der Waals surface area contributed by atoms with Gasteiger partial charge in [-0.2, -0.15) is 0 Å². The van der Waals surface area contributed by atoms with Gasteiger partial charge in [0.2, 0.25) is 0 Å². The largest absolute Gasteiger partial charge is 0.465 e. The van der Waals surface area contributed by atoms with Crippen LogP contribution >= 0.6 is 0 Å². The highest BCUT2D eigenvalue weighted by Gasteiger charge is 2.51. The van der Waals surface area contributed by atoms with Crippen molar-refractivity contribution in [3.05, 3.63) is 53.4 Å². The number of nitrogens with two attached hydrogens (primary N) is 1. The highest BCUT2D eigenvalue weighted by atomic mass is 16.5. The first-order valence-electron chi connectivity index (χ1n) is 24.6. The third kappa shape index (κ3) is 13.7. The van der Waals surface area contributed by atoms with Gasteiger partial charge in [0, 0.05) is 146 Å². The standard InChI is InChI=1S/C46H71N7O6.C5H12N2/c1-9-53(38-14-12-36(13-15-38)49(22-23-56-7)17-16-42(41(47)27-54)52-28-46(29-52)31-58-32-46)44(33(2)25-45(5,6)30-59-35(4)55)40-24-39(26-48-43(40)34(3)57-8)51-20-18-50(19-21-51)37-10-11-37;1-7-5-3-2-4-6-7/h12-15,24,26-27,34,37,41-42H,9-11,16-23,25,28-32,47H2,1-8H3;6H,2-5H2,1H3/b44-33+;. The molecular weight excluding hydrogens is 835 g/mol. The molecule has 1 aromatic carbocycles. The second-order valence-electron chi connectivity index (χ2n) is 20.3. The fourth-order valence-corrected chi connectivity index (χ4v) is 10.1. The summed E-state index contributed by atoms with van der Waals surface area (Å²) in [5, 5.41) is 2.14. The molecule has 4 aliphatic heterocycles. The van der Waals surface area contributed by atoms with Crippen molar-refractivity contribution in [2.75, 3.05) is 134 Å². The molecule has 3 atom stereocenters. The van der Waals surface area contributed by atoms with Gasteiger partial charge < -0.3 is 44.2 Å². The van der Waals surface area contributed by atoms with E-state index in [1.54, 1.807) is 14.2 Å². The molecule has 0 radical (unpaired) electrons. The number of aldehydes is 1. The first kappa shape index (κ1) is 51.7. The quantitative estimate of drug-likeness (QED) is 0.112. The zero-order chi connectivity index (χ0) is 47.4. The van der Waals surface area contributed by atoms with Crippen LogP contribution in [-0.2, 0) is 28.5 Å². The lowest BCUT2D eigenvalue weighted by atomic mass is 9.76. The molecule has 66 heavy (non-hydrogen) atoms. The number of esters is 1. The molecule has 1 aliphatic carbocycles. The Morgan fingerprint density at radius 2 is 1.74 bits per heavy atom. The van der Waals surface area contributed by atoms with E-state index in [1.807, 2.05) is 6.20 Å². The monoisotopic (exact) mass is 918 g/mol. The van der Waals surface area contributed by atoms with Gasteiger partial charge in [-0.05, 0) is 95.2 Å². The molecule has 7 rings (SSSR count). The summed E-state index contributed by atoms with van der Waals surface area (Å²) in [5.74, 6) is -0.274. The second-order valence-corrected chi connectivity index (χ2v) is 20.3. The number of methoxy groups -OCH3 is 2. The summed E-state index contributed by atoms with van der Waals surface area (Å²) in [7, 11) is 5.55. The summed E-state index contributed by atoms with van der Waals surface area (Å²) >= 11 is 0. The van der Waals surface area contributed by atoms with E-state index in [0.717, 1.165) is 118 Å². The van der Waals surface area contributed by atoms with E-state index in [0.29, 0.717) is 32.7 Å². The molecule has 368 valence electrons. The van der Waals surface area contributed by atoms with E-state index in [-0.39, 0.29) is 28.9 Å². The van der Waals surface area contributed by atoms with Crippen LogP contribution in [0.3, 0.4) is 0 Å². The van der Waals surface area contributed by atoms with Crippen LogP contribution in [0, 0.1) is 10.8 Å². The van der Waals surface area contributed by atoms with Crippen LogP contribution in [0.25, 0.3) is 5.70 Å². The maximum atomic E-state index is 12.0. The van der Waals surface area contributed by atoms with Gasteiger partial charge in [-0.15, -0.1) is 0 Å². The maximum Gasteiger partial charge on any atom is 0.302 e. The maximum absolute atomic E-state index is 12.0. The van der Waals surface area contributed by atoms with E-state index in [9.17, 15) is 9.59 Å². The summed E-state index contributed by atoms with van der Waals surface area (Å²) in [6, 6.07) is 11.3. The number of nitrogens with zero attached hydrogens (tertiary/aromatic N) is 7. The molecule has 3 unspecified atom stereocenters. The zero-order valence-corrected chi connectivity index (χ0v) is 41.9. The first-order chi connectivity index (χ1) is 31.7. The normalized spacial score (nSPS) is 20.8. The Labute approximate surface area is 396 Å². The smallest absolute Gasteiger partial charge is 0.302 e. The lowest BCUT2D eigenvalue weighted by molar-refractivity contribution is -0.199. The number of piperazine rings is 1. The van der Waals surface area contributed by atoms with E-state index < -0.39 is 6.04 Å². The van der Waals surface area contributed by atoms with Crippen LogP contribution in [0.15, 0.2) is 42.1 Å². The van der Waals surface area contributed by atoms with Gasteiger partial charge in [0.15, 0.2) is 0 Å². The number of rotatable bonds is 22. The van der Waals surface area contributed by atoms with Gasteiger partial charge in [0.05, 0.1) is 56.2 Å². The van der Waals surface area contributed by atoms with Crippen LogP contribution in [0.5, 0.6) is 0 Å².